The largest absolute Gasteiger partial charge is 0.399 e. The Balaban J connectivity index is 2.86. The lowest BCUT2D eigenvalue weighted by molar-refractivity contribution is 0.763. The number of nitrogen functional groups attached to an aromatic ring is 1. The third kappa shape index (κ3) is 3.06. The first kappa shape index (κ1) is 12.2. The summed E-state index contributed by atoms with van der Waals surface area (Å²) in [6, 6.07) is 6.63. The molecule has 1 aromatic rings. The highest BCUT2D eigenvalue weighted by molar-refractivity contribution is 7.98. The van der Waals surface area contributed by atoms with Gasteiger partial charge in [0.1, 0.15) is 0 Å². The summed E-state index contributed by atoms with van der Waals surface area (Å²) in [6.45, 7) is 4.35. The molecule has 0 aliphatic rings. The summed E-state index contributed by atoms with van der Waals surface area (Å²) in [5.74, 6) is 1.14. The van der Waals surface area contributed by atoms with Crippen molar-refractivity contribution in [1.29, 1.82) is 0 Å². The third-order valence-electron chi connectivity index (χ3n) is 2.67. The van der Waals surface area contributed by atoms with Crippen molar-refractivity contribution in [1.82, 2.24) is 0 Å². The maximum absolute atomic E-state index is 5.74. The normalized spacial score (nSPS) is 12.5. The van der Waals surface area contributed by atoms with E-state index >= 15 is 0 Å². The minimum absolute atomic E-state index is 0.544. The van der Waals surface area contributed by atoms with Crippen LogP contribution in [0.25, 0.3) is 0 Å². The molecule has 0 saturated heterocycles. The van der Waals surface area contributed by atoms with Gasteiger partial charge in [-0.15, -0.1) is 0 Å². The first-order valence-electron chi connectivity index (χ1n) is 5.14. The van der Waals surface area contributed by atoms with Crippen molar-refractivity contribution in [2.45, 2.75) is 19.9 Å². The van der Waals surface area contributed by atoms with Gasteiger partial charge in [0.2, 0.25) is 0 Å². The molecule has 0 radical (unpaired) electrons. The van der Waals surface area contributed by atoms with E-state index in [4.69, 9.17) is 5.73 Å². The average Bonchev–Trinajstić information content (AvgIpc) is 2.17. The highest BCUT2D eigenvalue weighted by Crippen LogP contribution is 2.23. The fourth-order valence-corrected chi connectivity index (χ4v) is 2.37. The molecule has 1 rings (SSSR count). The predicted octanol–water partition coefficient (Wildman–Crippen LogP) is 2.76. The standard InChI is InChI=1S/C12H20N2S/c1-9-7-11(13)5-6-12(9)14(3)10(2)8-15-4/h5-7,10H,8,13H2,1-4H3. The molecule has 0 spiro atoms. The smallest absolute Gasteiger partial charge is 0.0397 e. The zero-order valence-electron chi connectivity index (χ0n) is 9.95. The first-order chi connectivity index (χ1) is 7.06. The quantitative estimate of drug-likeness (QED) is 0.797. The molecule has 0 fully saturated rings. The number of anilines is 2. The van der Waals surface area contributed by atoms with Gasteiger partial charge < -0.3 is 10.6 Å². The topological polar surface area (TPSA) is 29.3 Å². The van der Waals surface area contributed by atoms with Crippen LogP contribution in [0.5, 0.6) is 0 Å². The number of nitrogens with zero attached hydrogens (tertiary/aromatic N) is 1. The molecule has 0 amide bonds. The van der Waals surface area contributed by atoms with E-state index in [1.165, 1.54) is 11.3 Å². The van der Waals surface area contributed by atoms with Gasteiger partial charge >= 0.3 is 0 Å². The van der Waals surface area contributed by atoms with Crippen molar-refractivity contribution in [3.8, 4) is 0 Å². The Hall–Kier alpha value is -0.830. The molecule has 1 unspecified atom stereocenters. The van der Waals surface area contributed by atoms with Gasteiger partial charge in [-0.1, -0.05) is 0 Å². The number of aryl methyl sites for hydroxylation is 1. The van der Waals surface area contributed by atoms with Gasteiger partial charge in [-0.25, -0.2) is 0 Å². The maximum atomic E-state index is 5.74. The van der Waals surface area contributed by atoms with Gasteiger partial charge in [0.25, 0.3) is 0 Å². The highest BCUT2D eigenvalue weighted by atomic mass is 32.2. The highest BCUT2D eigenvalue weighted by Gasteiger charge is 2.11. The third-order valence-corrected chi connectivity index (χ3v) is 3.49. The molecule has 0 saturated carbocycles. The number of thioether (sulfide) groups is 1. The van der Waals surface area contributed by atoms with Crippen molar-refractivity contribution in [2.24, 2.45) is 0 Å². The van der Waals surface area contributed by atoms with E-state index in [1.807, 2.05) is 23.9 Å². The summed E-state index contributed by atoms with van der Waals surface area (Å²) in [6.07, 6.45) is 2.14. The monoisotopic (exact) mass is 224 g/mol. The zero-order chi connectivity index (χ0) is 11.4. The van der Waals surface area contributed by atoms with Gasteiger partial charge in [0.15, 0.2) is 0 Å². The molecule has 0 bridgehead atoms. The molecular weight excluding hydrogens is 204 g/mol. The molecule has 84 valence electrons. The van der Waals surface area contributed by atoms with E-state index in [-0.39, 0.29) is 0 Å². The number of hydrogen-bond acceptors (Lipinski definition) is 3. The zero-order valence-corrected chi connectivity index (χ0v) is 10.8. The molecule has 2 N–H and O–H groups in total. The maximum Gasteiger partial charge on any atom is 0.0397 e. The number of nitrogens with two attached hydrogens (primary N) is 1. The lowest BCUT2D eigenvalue weighted by Crippen LogP contribution is -2.31. The molecule has 0 heterocycles. The molecule has 0 aliphatic carbocycles. The van der Waals surface area contributed by atoms with E-state index in [0.29, 0.717) is 6.04 Å². The van der Waals surface area contributed by atoms with E-state index in [0.717, 1.165) is 11.4 Å². The Kier molecular flexibility index (Phi) is 4.33. The second kappa shape index (κ2) is 5.31. The summed E-state index contributed by atoms with van der Waals surface area (Å²) in [7, 11) is 2.14. The number of benzene rings is 1. The van der Waals surface area contributed by atoms with Crippen LogP contribution in [0.4, 0.5) is 11.4 Å². The molecule has 1 aromatic carbocycles. The molecule has 3 heteroatoms. The van der Waals surface area contributed by atoms with Crippen LogP contribution in [0.3, 0.4) is 0 Å². The van der Waals surface area contributed by atoms with Crippen LogP contribution >= 0.6 is 11.8 Å². The fourth-order valence-electron chi connectivity index (χ4n) is 1.66. The van der Waals surface area contributed by atoms with Crippen LogP contribution in [0, 0.1) is 6.92 Å². The molecule has 1 atom stereocenters. The fraction of sp³-hybridized carbons (Fsp3) is 0.500. The van der Waals surface area contributed by atoms with Crippen molar-refractivity contribution < 1.29 is 0 Å². The van der Waals surface area contributed by atoms with Gasteiger partial charge in [-0.3, -0.25) is 0 Å². The summed E-state index contributed by atoms with van der Waals surface area (Å²) < 4.78 is 0. The van der Waals surface area contributed by atoms with E-state index in [2.05, 4.69) is 38.1 Å². The summed E-state index contributed by atoms with van der Waals surface area (Å²) in [5, 5.41) is 0. The molecule has 2 nitrogen and oxygen atoms in total. The van der Waals surface area contributed by atoms with Gasteiger partial charge in [-0.05, 0) is 43.9 Å². The van der Waals surface area contributed by atoms with Crippen LogP contribution in [-0.2, 0) is 0 Å². The van der Waals surface area contributed by atoms with Gasteiger partial charge in [-0.2, -0.15) is 11.8 Å². The SMILES string of the molecule is CSCC(C)N(C)c1ccc(N)cc1C. The Morgan fingerprint density at radius 1 is 1.47 bits per heavy atom. The first-order valence-corrected chi connectivity index (χ1v) is 6.53. The van der Waals surface area contributed by atoms with Crippen molar-refractivity contribution in [2.75, 3.05) is 29.7 Å². The Morgan fingerprint density at radius 2 is 2.13 bits per heavy atom. The van der Waals surface area contributed by atoms with Gasteiger partial charge in [0, 0.05) is 30.2 Å². The van der Waals surface area contributed by atoms with Crippen LogP contribution in [0.2, 0.25) is 0 Å². The van der Waals surface area contributed by atoms with E-state index in [9.17, 15) is 0 Å². The number of hydrogen-bond donors (Lipinski definition) is 1. The Labute approximate surface area is 96.8 Å². The molecular formula is C12H20N2S. The summed E-state index contributed by atoms with van der Waals surface area (Å²) in [5.41, 5.74) is 9.09. The summed E-state index contributed by atoms with van der Waals surface area (Å²) in [4.78, 5) is 2.31. The Bertz CT molecular complexity index is 325. The lowest BCUT2D eigenvalue weighted by atomic mass is 10.1. The lowest BCUT2D eigenvalue weighted by Gasteiger charge is -2.28. The molecule has 0 aromatic heterocycles. The van der Waals surface area contributed by atoms with Crippen LogP contribution < -0.4 is 10.6 Å². The van der Waals surface area contributed by atoms with Crippen molar-refractivity contribution in [3.63, 3.8) is 0 Å². The number of rotatable bonds is 4. The Morgan fingerprint density at radius 3 is 2.67 bits per heavy atom. The predicted molar refractivity (Wildman–Crippen MR) is 71.8 cm³/mol. The van der Waals surface area contributed by atoms with Crippen molar-refractivity contribution in [3.05, 3.63) is 23.8 Å². The average molecular weight is 224 g/mol. The van der Waals surface area contributed by atoms with Gasteiger partial charge in [0.05, 0.1) is 0 Å². The second-order valence-corrected chi connectivity index (χ2v) is 4.87. The van der Waals surface area contributed by atoms with Crippen LogP contribution in [0.1, 0.15) is 12.5 Å². The minimum Gasteiger partial charge on any atom is -0.399 e. The van der Waals surface area contributed by atoms with Crippen LogP contribution in [0.15, 0.2) is 18.2 Å². The molecule has 15 heavy (non-hydrogen) atoms. The second-order valence-electron chi connectivity index (χ2n) is 3.96. The van der Waals surface area contributed by atoms with E-state index < -0.39 is 0 Å². The van der Waals surface area contributed by atoms with E-state index in [1.54, 1.807) is 0 Å². The minimum atomic E-state index is 0.544. The summed E-state index contributed by atoms with van der Waals surface area (Å²) >= 11 is 1.88. The molecule has 0 aliphatic heterocycles. The van der Waals surface area contributed by atoms with Crippen molar-refractivity contribution >= 4 is 23.1 Å². The van der Waals surface area contributed by atoms with Crippen LogP contribution in [-0.4, -0.2) is 25.1 Å².